The minimum Gasteiger partial charge on any atom is -0.506 e. The molecular formula is C14H21N3O4. The summed E-state index contributed by atoms with van der Waals surface area (Å²) in [6.07, 6.45) is 1.10. The number of nitrogens with one attached hydrogen (secondary N) is 1. The molecule has 7 nitrogen and oxygen atoms in total. The minimum atomic E-state index is -0.613. The lowest BCUT2D eigenvalue weighted by molar-refractivity contribution is -0.384. The highest BCUT2D eigenvalue weighted by Crippen LogP contribution is 2.28. The molecule has 1 aromatic rings. The summed E-state index contributed by atoms with van der Waals surface area (Å²) in [7, 11) is 0. The van der Waals surface area contributed by atoms with Gasteiger partial charge in [0.1, 0.15) is 5.75 Å². The maximum Gasteiger partial charge on any atom is 0.273 e. The SMILES string of the molecule is CC(C)C[C@H](CN)CC(=O)Nc1ccc([N+](=O)[O-])cc1O. The average molecular weight is 295 g/mol. The van der Waals surface area contributed by atoms with Gasteiger partial charge in [-0.2, -0.15) is 0 Å². The van der Waals surface area contributed by atoms with Gasteiger partial charge in [0.05, 0.1) is 16.7 Å². The van der Waals surface area contributed by atoms with Crippen LogP contribution in [0.3, 0.4) is 0 Å². The summed E-state index contributed by atoms with van der Waals surface area (Å²) in [5.74, 6) is -0.0784. The van der Waals surface area contributed by atoms with Gasteiger partial charge in [-0.05, 0) is 30.9 Å². The molecule has 0 unspecified atom stereocenters. The van der Waals surface area contributed by atoms with Crippen LogP contribution < -0.4 is 11.1 Å². The highest BCUT2D eigenvalue weighted by molar-refractivity contribution is 5.92. The molecule has 21 heavy (non-hydrogen) atoms. The van der Waals surface area contributed by atoms with Gasteiger partial charge in [0, 0.05) is 12.5 Å². The van der Waals surface area contributed by atoms with E-state index in [1.165, 1.54) is 12.1 Å². The number of hydrogen-bond acceptors (Lipinski definition) is 5. The first-order valence-corrected chi connectivity index (χ1v) is 6.80. The highest BCUT2D eigenvalue weighted by Gasteiger charge is 2.16. The Labute approximate surface area is 123 Å². The predicted octanol–water partition coefficient (Wildman–Crippen LogP) is 2.25. The van der Waals surface area contributed by atoms with Crippen molar-refractivity contribution in [1.82, 2.24) is 0 Å². The second-order valence-electron chi connectivity index (χ2n) is 5.44. The van der Waals surface area contributed by atoms with Crippen LogP contribution in [0.2, 0.25) is 0 Å². The number of phenols is 1. The summed E-state index contributed by atoms with van der Waals surface area (Å²) in [5.41, 5.74) is 5.57. The number of hydrogen-bond donors (Lipinski definition) is 3. The zero-order chi connectivity index (χ0) is 16.0. The molecule has 1 amide bonds. The maximum absolute atomic E-state index is 11.9. The molecule has 0 aliphatic heterocycles. The van der Waals surface area contributed by atoms with Crippen molar-refractivity contribution in [3.8, 4) is 5.75 Å². The van der Waals surface area contributed by atoms with Crippen molar-refractivity contribution in [2.24, 2.45) is 17.6 Å². The van der Waals surface area contributed by atoms with Crippen molar-refractivity contribution >= 4 is 17.3 Å². The number of nitrogens with zero attached hydrogens (tertiary/aromatic N) is 1. The molecule has 7 heteroatoms. The van der Waals surface area contributed by atoms with Crippen molar-refractivity contribution in [1.29, 1.82) is 0 Å². The summed E-state index contributed by atoms with van der Waals surface area (Å²) in [6, 6.07) is 3.54. The van der Waals surface area contributed by atoms with E-state index in [2.05, 4.69) is 19.2 Å². The van der Waals surface area contributed by atoms with Crippen LogP contribution >= 0.6 is 0 Å². The van der Waals surface area contributed by atoms with Gasteiger partial charge < -0.3 is 16.2 Å². The summed E-state index contributed by atoms with van der Waals surface area (Å²) in [6.45, 7) is 4.53. The molecule has 1 aromatic carbocycles. The number of nitro groups is 1. The molecule has 1 rings (SSSR count). The second-order valence-corrected chi connectivity index (χ2v) is 5.44. The van der Waals surface area contributed by atoms with Crippen LogP contribution in [0.5, 0.6) is 5.75 Å². The molecule has 0 spiro atoms. The molecule has 1 atom stereocenters. The van der Waals surface area contributed by atoms with Crippen molar-refractivity contribution in [2.45, 2.75) is 26.7 Å². The smallest absolute Gasteiger partial charge is 0.273 e. The fraction of sp³-hybridized carbons (Fsp3) is 0.500. The van der Waals surface area contributed by atoms with E-state index in [-0.39, 0.29) is 35.4 Å². The van der Waals surface area contributed by atoms with Gasteiger partial charge in [0.25, 0.3) is 5.69 Å². The molecule has 4 N–H and O–H groups in total. The van der Waals surface area contributed by atoms with Crippen molar-refractivity contribution < 1.29 is 14.8 Å². The predicted molar refractivity (Wildman–Crippen MR) is 80.0 cm³/mol. The van der Waals surface area contributed by atoms with Gasteiger partial charge in [-0.1, -0.05) is 13.8 Å². The topological polar surface area (TPSA) is 118 Å². The molecule has 0 radical (unpaired) electrons. The molecule has 0 saturated heterocycles. The normalized spacial score (nSPS) is 12.2. The Morgan fingerprint density at radius 3 is 2.62 bits per heavy atom. The number of nitro benzene ring substituents is 1. The Kier molecular flexibility index (Phi) is 6.10. The molecule has 0 fully saturated rings. The fourth-order valence-corrected chi connectivity index (χ4v) is 2.13. The Hall–Kier alpha value is -2.15. The third kappa shape index (κ3) is 5.39. The third-order valence-electron chi connectivity index (χ3n) is 3.08. The van der Waals surface area contributed by atoms with Crippen molar-refractivity contribution in [2.75, 3.05) is 11.9 Å². The summed E-state index contributed by atoms with van der Waals surface area (Å²) in [4.78, 5) is 21.9. The number of aromatic hydroxyl groups is 1. The van der Waals surface area contributed by atoms with E-state index in [1.807, 2.05) is 0 Å². The van der Waals surface area contributed by atoms with E-state index in [0.29, 0.717) is 12.5 Å². The van der Waals surface area contributed by atoms with Gasteiger partial charge in [-0.15, -0.1) is 0 Å². The van der Waals surface area contributed by atoms with Crippen LogP contribution in [0.15, 0.2) is 18.2 Å². The standard InChI is InChI=1S/C14H21N3O4/c1-9(2)5-10(8-15)6-14(19)16-12-4-3-11(17(20)21)7-13(12)18/h3-4,7,9-10,18H,5-6,8,15H2,1-2H3,(H,16,19)/t10-/m0/s1. The number of nitrogens with two attached hydrogens (primary N) is 1. The van der Waals surface area contributed by atoms with Gasteiger partial charge in [-0.3, -0.25) is 14.9 Å². The lowest BCUT2D eigenvalue weighted by Gasteiger charge is -2.16. The van der Waals surface area contributed by atoms with Crippen molar-refractivity contribution in [3.05, 3.63) is 28.3 Å². The molecule has 116 valence electrons. The van der Waals surface area contributed by atoms with Crippen molar-refractivity contribution in [3.63, 3.8) is 0 Å². The van der Waals surface area contributed by atoms with E-state index in [9.17, 15) is 20.0 Å². The largest absolute Gasteiger partial charge is 0.506 e. The maximum atomic E-state index is 11.9. The van der Waals surface area contributed by atoms with Gasteiger partial charge >= 0.3 is 0 Å². The molecular weight excluding hydrogens is 274 g/mol. The molecule has 0 aliphatic carbocycles. The van der Waals surface area contributed by atoms with Gasteiger partial charge in [0.15, 0.2) is 0 Å². The van der Waals surface area contributed by atoms with Gasteiger partial charge in [-0.25, -0.2) is 0 Å². The average Bonchev–Trinajstić information content (AvgIpc) is 2.39. The number of amides is 1. The molecule has 0 aromatic heterocycles. The minimum absolute atomic E-state index is 0.0743. The van der Waals surface area contributed by atoms with E-state index in [1.54, 1.807) is 0 Å². The van der Waals surface area contributed by atoms with Crippen LogP contribution in [-0.2, 0) is 4.79 Å². The Balaban J connectivity index is 2.68. The number of rotatable bonds is 7. The monoisotopic (exact) mass is 295 g/mol. The number of benzene rings is 1. The van der Waals surface area contributed by atoms with Crippen LogP contribution in [0.1, 0.15) is 26.7 Å². The van der Waals surface area contributed by atoms with E-state index in [4.69, 9.17) is 5.73 Å². The van der Waals surface area contributed by atoms with Crippen LogP contribution in [0.4, 0.5) is 11.4 Å². The number of anilines is 1. The number of carbonyl (C=O) groups excluding carboxylic acids is 1. The van der Waals surface area contributed by atoms with E-state index >= 15 is 0 Å². The zero-order valence-corrected chi connectivity index (χ0v) is 12.2. The lowest BCUT2D eigenvalue weighted by atomic mass is 9.94. The number of phenolic OH excluding ortho intramolecular Hbond substituents is 1. The third-order valence-corrected chi connectivity index (χ3v) is 3.08. The first kappa shape index (κ1) is 16.9. The van der Waals surface area contributed by atoms with E-state index in [0.717, 1.165) is 12.5 Å². The summed E-state index contributed by atoms with van der Waals surface area (Å²) in [5, 5.41) is 22.8. The fourth-order valence-electron chi connectivity index (χ4n) is 2.13. The molecule has 0 saturated carbocycles. The molecule has 0 bridgehead atoms. The summed E-state index contributed by atoms with van der Waals surface area (Å²) >= 11 is 0. The first-order valence-electron chi connectivity index (χ1n) is 6.80. The Morgan fingerprint density at radius 1 is 1.48 bits per heavy atom. The lowest BCUT2D eigenvalue weighted by Crippen LogP contribution is -2.23. The Bertz CT molecular complexity index is 517. The second kappa shape index (κ2) is 7.58. The molecule has 0 heterocycles. The van der Waals surface area contributed by atoms with Crippen LogP contribution in [0, 0.1) is 22.0 Å². The highest BCUT2D eigenvalue weighted by atomic mass is 16.6. The quantitative estimate of drug-likeness (QED) is 0.405. The van der Waals surface area contributed by atoms with Crippen LogP contribution in [-0.4, -0.2) is 22.5 Å². The summed E-state index contributed by atoms with van der Waals surface area (Å²) < 4.78 is 0. The van der Waals surface area contributed by atoms with E-state index < -0.39 is 4.92 Å². The van der Waals surface area contributed by atoms with Crippen LogP contribution in [0.25, 0.3) is 0 Å². The number of non-ortho nitro benzene ring substituents is 1. The Morgan fingerprint density at radius 2 is 2.14 bits per heavy atom. The van der Waals surface area contributed by atoms with Gasteiger partial charge in [0.2, 0.25) is 5.91 Å². The molecule has 0 aliphatic rings. The zero-order valence-electron chi connectivity index (χ0n) is 12.2. The number of carbonyl (C=O) groups is 1. The first-order chi connectivity index (χ1) is 9.83.